The first kappa shape index (κ1) is 26.4. The van der Waals surface area contributed by atoms with Crippen molar-refractivity contribution in [3.63, 3.8) is 0 Å². The number of nitrogens with one attached hydrogen (secondary N) is 2. The van der Waals surface area contributed by atoms with Gasteiger partial charge >= 0.3 is 0 Å². The lowest BCUT2D eigenvalue weighted by atomic mass is 10.2. The van der Waals surface area contributed by atoms with Crippen molar-refractivity contribution in [3.8, 4) is 0 Å². The molecular weight excluding hydrogens is 493 g/mol. The van der Waals surface area contributed by atoms with Gasteiger partial charge in [-0.25, -0.2) is 4.39 Å². The molecule has 15 heteroatoms. The molecule has 0 bridgehead atoms. The van der Waals surface area contributed by atoms with Crippen molar-refractivity contribution in [3.05, 3.63) is 64.5 Å². The number of anilines is 1. The molecule has 0 aliphatic carbocycles. The minimum atomic E-state index is -1.26. The number of imide groups is 2. The number of rotatable bonds is 8. The Morgan fingerprint density at radius 2 is 1.70 bits per heavy atom. The van der Waals surface area contributed by atoms with E-state index in [2.05, 4.69) is 20.6 Å². The number of hydrazone groups is 1. The van der Waals surface area contributed by atoms with Crippen LogP contribution in [-0.2, 0) is 24.0 Å². The molecule has 1 atom stereocenters. The molecular formula is C22H18FN7O7. The van der Waals surface area contributed by atoms with Crippen LogP contribution in [0.4, 0.5) is 21.5 Å². The van der Waals surface area contributed by atoms with Crippen LogP contribution in [0.25, 0.3) is 0 Å². The summed E-state index contributed by atoms with van der Waals surface area (Å²) in [6, 6.07) is 9.04. The number of non-ortho nitro benzene ring substituents is 1. The van der Waals surface area contributed by atoms with Crippen LogP contribution >= 0.6 is 0 Å². The van der Waals surface area contributed by atoms with Crippen molar-refractivity contribution in [2.75, 3.05) is 5.32 Å². The third kappa shape index (κ3) is 6.91. The molecule has 37 heavy (non-hydrogen) atoms. The SMILES string of the molecule is CC1=NN(C(=O)CC(=O)NC(=O)CC(=O)Nc2ccccc2F)C(=O)[C@@H]1N=Nc1ccc([N+](=O)[O-])cc1. The second kappa shape index (κ2) is 11.5. The summed E-state index contributed by atoms with van der Waals surface area (Å²) in [5.41, 5.74) is 0.00830. The molecule has 2 N–H and O–H groups in total. The van der Waals surface area contributed by atoms with E-state index in [1.165, 1.54) is 49.4 Å². The number of para-hydroxylation sites is 1. The molecule has 0 spiro atoms. The molecule has 2 aromatic rings. The van der Waals surface area contributed by atoms with Gasteiger partial charge in [-0.2, -0.15) is 20.3 Å². The number of halogens is 1. The zero-order valence-electron chi connectivity index (χ0n) is 19.1. The number of nitrogens with zero attached hydrogens (tertiary/aromatic N) is 5. The molecule has 0 unspecified atom stereocenters. The summed E-state index contributed by atoms with van der Waals surface area (Å²) in [7, 11) is 0. The average Bonchev–Trinajstić information content (AvgIpc) is 3.12. The number of carbonyl (C=O) groups is 5. The van der Waals surface area contributed by atoms with Gasteiger partial charge in [0, 0.05) is 12.1 Å². The fourth-order valence-corrected chi connectivity index (χ4v) is 2.99. The lowest BCUT2D eigenvalue weighted by Gasteiger charge is -2.10. The fourth-order valence-electron chi connectivity index (χ4n) is 2.99. The van der Waals surface area contributed by atoms with Gasteiger partial charge in [0.25, 0.3) is 17.5 Å². The third-order valence-electron chi connectivity index (χ3n) is 4.74. The van der Waals surface area contributed by atoms with Crippen LogP contribution in [0.5, 0.6) is 0 Å². The Bertz CT molecular complexity index is 1340. The number of nitro groups is 1. The molecule has 1 heterocycles. The lowest BCUT2D eigenvalue weighted by Crippen LogP contribution is -2.39. The zero-order valence-corrected chi connectivity index (χ0v) is 19.1. The quantitative estimate of drug-likeness (QED) is 0.234. The van der Waals surface area contributed by atoms with E-state index in [1.807, 2.05) is 5.32 Å². The van der Waals surface area contributed by atoms with E-state index in [-0.39, 0.29) is 22.8 Å². The predicted octanol–water partition coefficient (Wildman–Crippen LogP) is 1.99. The van der Waals surface area contributed by atoms with Crippen molar-refractivity contribution in [1.82, 2.24) is 10.3 Å². The van der Waals surface area contributed by atoms with E-state index in [0.717, 1.165) is 6.07 Å². The number of carbonyl (C=O) groups excluding carboxylic acids is 5. The van der Waals surface area contributed by atoms with Gasteiger partial charge in [-0.3, -0.25) is 39.4 Å². The van der Waals surface area contributed by atoms with E-state index < -0.39 is 59.2 Å². The van der Waals surface area contributed by atoms with E-state index in [4.69, 9.17) is 0 Å². The monoisotopic (exact) mass is 511 g/mol. The Kier molecular flexibility index (Phi) is 8.19. The summed E-state index contributed by atoms with van der Waals surface area (Å²) in [5, 5.41) is 26.6. The number of hydrogen-bond acceptors (Lipinski definition) is 10. The summed E-state index contributed by atoms with van der Waals surface area (Å²) < 4.78 is 13.6. The molecule has 2 aromatic carbocycles. The molecule has 5 amide bonds. The average molecular weight is 511 g/mol. The highest BCUT2D eigenvalue weighted by atomic mass is 19.1. The standard InChI is InChI=1S/C22H18FN7O7/c1-12-21(27-26-13-6-8-14(9-7-13)30(36)37)22(35)29(28-12)20(34)11-19(33)25-18(32)10-17(31)24-16-5-3-2-4-15(16)23/h2-9,21H,10-11H2,1H3,(H,24,31)(H,25,32,33)/t21-/m1/s1. The van der Waals surface area contributed by atoms with E-state index in [9.17, 15) is 38.5 Å². The predicted molar refractivity (Wildman–Crippen MR) is 124 cm³/mol. The topological polar surface area (TPSA) is 193 Å². The Morgan fingerprint density at radius 1 is 1.05 bits per heavy atom. The number of amides is 5. The highest BCUT2D eigenvalue weighted by molar-refractivity contribution is 6.18. The van der Waals surface area contributed by atoms with Gasteiger partial charge in [-0.1, -0.05) is 12.1 Å². The first-order chi connectivity index (χ1) is 17.5. The molecule has 1 aliphatic heterocycles. The molecule has 0 saturated heterocycles. The number of hydrogen-bond donors (Lipinski definition) is 2. The smallest absolute Gasteiger partial charge is 0.282 e. The molecule has 0 radical (unpaired) electrons. The minimum Gasteiger partial charge on any atom is -0.323 e. The maximum atomic E-state index is 13.6. The maximum absolute atomic E-state index is 13.6. The van der Waals surface area contributed by atoms with E-state index in [0.29, 0.717) is 5.01 Å². The Morgan fingerprint density at radius 3 is 2.35 bits per heavy atom. The fraction of sp³-hybridized carbons (Fsp3) is 0.182. The van der Waals surface area contributed by atoms with Gasteiger partial charge in [0.05, 0.1) is 22.0 Å². The summed E-state index contributed by atoms with van der Waals surface area (Å²) >= 11 is 0. The van der Waals surface area contributed by atoms with Gasteiger partial charge in [0.2, 0.25) is 17.7 Å². The first-order valence-corrected chi connectivity index (χ1v) is 10.5. The van der Waals surface area contributed by atoms with Crippen molar-refractivity contribution in [2.24, 2.45) is 15.3 Å². The molecule has 0 fully saturated rings. The normalized spacial score (nSPS) is 14.9. The van der Waals surface area contributed by atoms with Crippen LogP contribution in [0, 0.1) is 15.9 Å². The van der Waals surface area contributed by atoms with Gasteiger partial charge < -0.3 is 5.32 Å². The van der Waals surface area contributed by atoms with Crippen LogP contribution in [0.15, 0.2) is 63.9 Å². The Balaban J connectivity index is 1.51. The van der Waals surface area contributed by atoms with Gasteiger partial charge in [-0.05, 0) is 31.2 Å². The van der Waals surface area contributed by atoms with Crippen LogP contribution in [-0.4, -0.2) is 51.2 Å². The van der Waals surface area contributed by atoms with E-state index >= 15 is 0 Å². The first-order valence-electron chi connectivity index (χ1n) is 10.5. The van der Waals surface area contributed by atoms with E-state index in [1.54, 1.807) is 0 Å². The van der Waals surface area contributed by atoms with Crippen LogP contribution in [0.1, 0.15) is 19.8 Å². The summed E-state index contributed by atoms with van der Waals surface area (Å²) in [6.45, 7) is 1.41. The highest BCUT2D eigenvalue weighted by Gasteiger charge is 2.38. The molecule has 14 nitrogen and oxygen atoms in total. The second-order valence-corrected chi connectivity index (χ2v) is 7.53. The van der Waals surface area contributed by atoms with Gasteiger partial charge in [-0.15, -0.1) is 0 Å². The second-order valence-electron chi connectivity index (χ2n) is 7.53. The molecule has 0 aromatic heterocycles. The van der Waals surface area contributed by atoms with Crippen LogP contribution < -0.4 is 10.6 Å². The largest absolute Gasteiger partial charge is 0.323 e. The van der Waals surface area contributed by atoms with Crippen molar-refractivity contribution in [1.29, 1.82) is 0 Å². The van der Waals surface area contributed by atoms with Crippen molar-refractivity contribution in [2.45, 2.75) is 25.8 Å². The van der Waals surface area contributed by atoms with Gasteiger partial charge in [0.15, 0.2) is 6.04 Å². The van der Waals surface area contributed by atoms with Crippen LogP contribution in [0.2, 0.25) is 0 Å². The molecule has 190 valence electrons. The summed E-state index contributed by atoms with van der Waals surface area (Å²) in [6.07, 6.45) is -1.76. The van der Waals surface area contributed by atoms with Crippen molar-refractivity contribution >= 4 is 52.3 Å². The van der Waals surface area contributed by atoms with Crippen LogP contribution in [0.3, 0.4) is 0 Å². The summed E-state index contributed by atoms with van der Waals surface area (Å²) in [4.78, 5) is 70.9. The van der Waals surface area contributed by atoms with Gasteiger partial charge in [0.1, 0.15) is 18.7 Å². The lowest BCUT2D eigenvalue weighted by molar-refractivity contribution is -0.384. The molecule has 1 aliphatic rings. The Hall–Kier alpha value is -5.21. The zero-order chi connectivity index (χ0) is 27.1. The van der Waals surface area contributed by atoms with Crippen molar-refractivity contribution < 1.29 is 33.3 Å². The summed E-state index contributed by atoms with van der Waals surface area (Å²) in [5.74, 6) is -5.69. The highest BCUT2D eigenvalue weighted by Crippen LogP contribution is 2.21. The Labute approximate surface area is 207 Å². The maximum Gasteiger partial charge on any atom is 0.282 e. The number of azo groups is 1. The molecule has 3 rings (SSSR count). The third-order valence-corrected chi connectivity index (χ3v) is 4.74. The minimum absolute atomic E-state index is 0.102. The number of nitro benzene ring substituents is 1. The number of benzene rings is 2. The molecule has 0 saturated carbocycles.